The average molecular weight is 408 g/mol. The van der Waals surface area contributed by atoms with E-state index in [-0.39, 0.29) is 24.4 Å². The van der Waals surface area contributed by atoms with E-state index in [1.807, 2.05) is 42.5 Å². The Bertz CT molecular complexity index is 932. The highest BCUT2D eigenvalue weighted by Crippen LogP contribution is 2.20. The van der Waals surface area contributed by atoms with E-state index in [0.717, 1.165) is 11.3 Å². The number of carbonyl (C=O) groups excluding carboxylic acids is 3. The fraction of sp³-hybridized carbons (Fsp3) is 0.318. The van der Waals surface area contributed by atoms with Gasteiger partial charge in [0.25, 0.3) is 0 Å². The predicted octanol–water partition coefficient (Wildman–Crippen LogP) is 1.48. The molecular formula is C22H24N4O4. The predicted molar refractivity (Wildman–Crippen MR) is 111 cm³/mol. The number of hydrogen-bond acceptors (Lipinski definition) is 4. The summed E-state index contributed by atoms with van der Waals surface area (Å²) in [6, 6.07) is 15.0. The Balaban J connectivity index is 1.39. The Hall–Kier alpha value is -3.55. The van der Waals surface area contributed by atoms with Gasteiger partial charge >= 0.3 is 6.03 Å². The van der Waals surface area contributed by atoms with Gasteiger partial charge in [0, 0.05) is 25.2 Å². The largest absolute Gasteiger partial charge is 0.497 e. The molecule has 0 spiro atoms. The zero-order valence-corrected chi connectivity index (χ0v) is 16.7. The number of nitrogens with one attached hydrogen (secondary N) is 2. The lowest BCUT2D eigenvalue weighted by atomic mass is 9.98. The molecule has 30 heavy (non-hydrogen) atoms. The number of nitrogens with zero attached hydrogens (tertiary/aromatic N) is 2. The van der Waals surface area contributed by atoms with Gasteiger partial charge < -0.3 is 25.2 Å². The third-order valence-electron chi connectivity index (χ3n) is 5.49. The number of urea groups is 1. The SMILES string of the molecule is COc1ccc(C[C@@H]2NC(=O)[C@H]3CN(C(=O)Nc4ccccc4)CCN3C2=O)cc1. The molecule has 0 aliphatic carbocycles. The average Bonchev–Trinajstić information content (AvgIpc) is 2.78. The normalized spacial score (nSPS) is 21.0. The number of hydrogen-bond donors (Lipinski definition) is 2. The highest BCUT2D eigenvalue weighted by molar-refractivity contribution is 5.98. The molecule has 2 atom stereocenters. The Morgan fingerprint density at radius 3 is 2.53 bits per heavy atom. The van der Waals surface area contributed by atoms with Crippen molar-refractivity contribution < 1.29 is 19.1 Å². The minimum absolute atomic E-state index is 0.112. The number of methoxy groups -OCH3 is 1. The summed E-state index contributed by atoms with van der Waals surface area (Å²) in [6.07, 6.45) is 0.413. The topological polar surface area (TPSA) is 91.0 Å². The van der Waals surface area contributed by atoms with Crippen molar-refractivity contribution in [3.63, 3.8) is 0 Å². The second-order valence-corrected chi connectivity index (χ2v) is 7.40. The first-order chi connectivity index (χ1) is 14.5. The van der Waals surface area contributed by atoms with E-state index >= 15 is 0 Å². The minimum Gasteiger partial charge on any atom is -0.497 e. The maximum Gasteiger partial charge on any atom is 0.321 e. The molecule has 8 heteroatoms. The number of carbonyl (C=O) groups is 3. The second-order valence-electron chi connectivity index (χ2n) is 7.40. The summed E-state index contributed by atoms with van der Waals surface area (Å²) >= 11 is 0. The van der Waals surface area contributed by atoms with Crippen LogP contribution in [0, 0.1) is 0 Å². The zero-order chi connectivity index (χ0) is 21.1. The Labute approximate surface area is 174 Å². The van der Waals surface area contributed by atoms with Gasteiger partial charge in [0.15, 0.2) is 0 Å². The molecule has 4 amide bonds. The van der Waals surface area contributed by atoms with Crippen LogP contribution in [0.3, 0.4) is 0 Å². The van der Waals surface area contributed by atoms with E-state index in [9.17, 15) is 14.4 Å². The lowest BCUT2D eigenvalue weighted by molar-refractivity contribution is -0.152. The van der Waals surface area contributed by atoms with Crippen molar-refractivity contribution in [2.24, 2.45) is 0 Å². The van der Waals surface area contributed by atoms with Gasteiger partial charge in [-0.2, -0.15) is 0 Å². The molecule has 2 aliphatic rings. The molecule has 2 heterocycles. The van der Waals surface area contributed by atoms with E-state index < -0.39 is 12.1 Å². The van der Waals surface area contributed by atoms with Gasteiger partial charge in [-0.3, -0.25) is 9.59 Å². The van der Waals surface area contributed by atoms with Crippen molar-refractivity contribution in [2.75, 3.05) is 32.1 Å². The number of benzene rings is 2. The van der Waals surface area contributed by atoms with Crippen LogP contribution in [-0.4, -0.2) is 66.5 Å². The lowest BCUT2D eigenvalue weighted by Gasteiger charge is -2.45. The van der Waals surface area contributed by atoms with Crippen molar-refractivity contribution in [3.8, 4) is 5.75 Å². The van der Waals surface area contributed by atoms with E-state index in [0.29, 0.717) is 25.2 Å². The van der Waals surface area contributed by atoms with Gasteiger partial charge in [-0.25, -0.2) is 4.79 Å². The standard InChI is InChI=1S/C22H24N4O4/c1-30-17-9-7-15(8-10-17)13-18-21(28)26-12-11-25(14-19(26)20(27)24-18)22(29)23-16-5-3-2-4-6-16/h2-10,18-19H,11-14H2,1H3,(H,23,29)(H,24,27)/t18-,19+/m0/s1. The number of rotatable bonds is 4. The van der Waals surface area contributed by atoms with Gasteiger partial charge in [0.1, 0.15) is 17.8 Å². The van der Waals surface area contributed by atoms with Crippen LogP contribution in [0.25, 0.3) is 0 Å². The quantitative estimate of drug-likeness (QED) is 0.802. The summed E-state index contributed by atoms with van der Waals surface area (Å²) in [5.74, 6) is 0.395. The summed E-state index contributed by atoms with van der Waals surface area (Å²) < 4.78 is 5.15. The fourth-order valence-electron chi connectivity index (χ4n) is 3.85. The molecule has 0 radical (unpaired) electrons. The van der Waals surface area contributed by atoms with Crippen LogP contribution in [-0.2, 0) is 16.0 Å². The van der Waals surface area contributed by atoms with Gasteiger partial charge in [0.2, 0.25) is 11.8 Å². The van der Waals surface area contributed by atoms with E-state index in [2.05, 4.69) is 10.6 Å². The van der Waals surface area contributed by atoms with Crippen molar-refractivity contribution in [1.29, 1.82) is 0 Å². The van der Waals surface area contributed by atoms with Crippen molar-refractivity contribution in [2.45, 2.75) is 18.5 Å². The molecule has 0 aromatic heterocycles. The highest BCUT2D eigenvalue weighted by atomic mass is 16.5. The molecule has 2 fully saturated rings. The fourth-order valence-corrected chi connectivity index (χ4v) is 3.85. The Morgan fingerprint density at radius 2 is 1.83 bits per heavy atom. The smallest absolute Gasteiger partial charge is 0.321 e. The molecule has 2 aliphatic heterocycles. The van der Waals surface area contributed by atoms with Crippen molar-refractivity contribution >= 4 is 23.5 Å². The maximum absolute atomic E-state index is 13.0. The van der Waals surface area contributed by atoms with Crippen molar-refractivity contribution in [1.82, 2.24) is 15.1 Å². The van der Waals surface area contributed by atoms with Crippen LogP contribution in [0.2, 0.25) is 0 Å². The first-order valence-electron chi connectivity index (χ1n) is 9.90. The number of fused-ring (bicyclic) bond motifs is 1. The monoisotopic (exact) mass is 408 g/mol. The minimum atomic E-state index is -0.667. The Kier molecular flexibility index (Phi) is 5.56. The van der Waals surface area contributed by atoms with Crippen molar-refractivity contribution in [3.05, 3.63) is 60.2 Å². The summed E-state index contributed by atoms with van der Waals surface area (Å²) in [7, 11) is 1.60. The van der Waals surface area contributed by atoms with E-state index in [1.54, 1.807) is 29.0 Å². The summed E-state index contributed by atoms with van der Waals surface area (Å²) in [6.45, 7) is 0.882. The highest BCUT2D eigenvalue weighted by Gasteiger charge is 2.44. The van der Waals surface area contributed by atoms with Crippen LogP contribution in [0.1, 0.15) is 5.56 Å². The summed E-state index contributed by atoms with van der Waals surface area (Å²) in [4.78, 5) is 41.4. The molecule has 2 aromatic rings. The van der Waals surface area contributed by atoms with E-state index in [4.69, 9.17) is 4.74 Å². The van der Waals surface area contributed by atoms with Crippen LogP contribution >= 0.6 is 0 Å². The van der Waals surface area contributed by atoms with Gasteiger partial charge in [-0.15, -0.1) is 0 Å². The molecule has 4 rings (SSSR count). The third-order valence-corrected chi connectivity index (χ3v) is 5.49. The van der Waals surface area contributed by atoms with Gasteiger partial charge in [-0.1, -0.05) is 30.3 Å². The van der Waals surface area contributed by atoms with Gasteiger partial charge in [-0.05, 0) is 29.8 Å². The number of ether oxygens (including phenoxy) is 1. The van der Waals surface area contributed by atoms with Crippen LogP contribution in [0.5, 0.6) is 5.75 Å². The first-order valence-corrected chi connectivity index (χ1v) is 9.90. The second kappa shape index (κ2) is 8.44. The number of piperazine rings is 2. The van der Waals surface area contributed by atoms with Crippen LogP contribution < -0.4 is 15.4 Å². The lowest BCUT2D eigenvalue weighted by Crippen LogP contribution is -2.70. The molecule has 2 aromatic carbocycles. The third kappa shape index (κ3) is 4.07. The first kappa shape index (κ1) is 19.8. The molecule has 156 valence electrons. The number of amides is 4. The molecular weight excluding hydrogens is 384 g/mol. The summed E-state index contributed by atoms with van der Waals surface area (Å²) in [5, 5.41) is 5.66. The number of anilines is 1. The van der Waals surface area contributed by atoms with Crippen LogP contribution in [0.15, 0.2) is 54.6 Å². The molecule has 0 bridgehead atoms. The number of para-hydroxylation sites is 1. The molecule has 2 N–H and O–H groups in total. The maximum atomic E-state index is 13.0. The molecule has 8 nitrogen and oxygen atoms in total. The zero-order valence-electron chi connectivity index (χ0n) is 16.7. The van der Waals surface area contributed by atoms with Crippen LogP contribution in [0.4, 0.5) is 10.5 Å². The molecule has 2 saturated heterocycles. The van der Waals surface area contributed by atoms with Gasteiger partial charge in [0.05, 0.1) is 13.7 Å². The molecule has 0 unspecified atom stereocenters. The Morgan fingerprint density at radius 1 is 1.10 bits per heavy atom. The molecule has 0 saturated carbocycles. The van der Waals surface area contributed by atoms with E-state index in [1.165, 1.54) is 0 Å². The summed E-state index contributed by atoms with van der Waals surface area (Å²) in [5.41, 5.74) is 1.63.